The lowest BCUT2D eigenvalue weighted by Gasteiger charge is -2.45. The molecule has 2 saturated heterocycles. The molecule has 5 rings (SSSR count). The Kier molecular flexibility index (Phi) is 5.43. The van der Waals surface area contributed by atoms with Gasteiger partial charge >= 0.3 is 5.97 Å². The van der Waals surface area contributed by atoms with Crippen LogP contribution < -0.4 is 4.74 Å². The number of hydrogen-bond acceptors (Lipinski definition) is 4. The van der Waals surface area contributed by atoms with Crippen molar-refractivity contribution in [3.63, 3.8) is 0 Å². The number of rotatable bonds is 5. The molecule has 0 radical (unpaired) electrons. The first kappa shape index (κ1) is 21.0. The number of methoxy groups -OCH3 is 1. The van der Waals surface area contributed by atoms with E-state index >= 15 is 0 Å². The van der Waals surface area contributed by atoms with E-state index in [-0.39, 0.29) is 11.6 Å². The summed E-state index contributed by atoms with van der Waals surface area (Å²) in [5.74, 6) is 0.0128. The average Bonchev–Trinajstić information content (AvgIpc) is 3.47. The van der Waals surface area contributed by atoms with Gasteiger partial charge in [0, 0.05) is 48.4 Å². The lowest BCUT2D eigenvalue weighted by molar-refractivity contribution is -0.0676. The van der Waals surface area contributed by atoms with Gasteiger partial charge in [-0.25, -0.2) is 4.79 Å². The molecule has 0 amide bonds. The summed E-state index contributed by atoms with van der Waals surface area (Å²) >= 11 is 0. The number of aromatic carboxylic acids is 1. The normalized spacial score (nSPS) is 23.8. The maximum Gasteiger partial charge on any atom is 0.335 e. The summed E-state index contributed by atoms with van der Waals surface area (Å²) < 4.78 is 12.1. The Balaban J connectivity index is 1.52. The Morgan fingerprint density at radius 1 is 1.28 bits per heavy atom. The molecule has 1 spiro atoms. The van der Waals surface area contributed by atoms with Gasteiger partial charge in [-0.15, -0.1) is 0 Å². The van der Waals surface area contributed by atoms with E-state index in [1.165, 1.54) is 16.5 Å². The quantitative estimate of drug-likeness (QED) is 0.586. The third-order valence-corrected chi connectivity index (χ3v) is 7.28. The maximum atomic E-state index is 11.3. The minimum absolute atomic E-state index is 0.0621. The highest BCUT2D eigenvalue weighted by Gasteiger charge is 2.43. The lowest BCUT2D eigenvalue weighted by Crippen LogP contribution is -2.45. The number of carboxylic acids is 1. The van der Waals surface area contributed by atoms with Gasteiger partial charge in [-0.3, -0.25) is 4.90 Å². The van der Waals surface area contributed by atoms with E-state index in [1.807, 2.05) is 18.3 Å². The van der Waals surface area contributed by atoms with Crippen molar-refractivity contribution in [1.82, 2.24) is 9.88 Å². The fourth-order valence-electron chi connectivity index (χ4n) is 5.55. The molecule has 3 aromatic rings. The van der Waals surface area contributed by atoms with Gasteiger partial charge in [0.25, 0.3) is 0 Å². The molecule has 2 N–H and O–H groups in total. The molecule has 168 valence electrons. The number of hydrogen-bond donors (Lipinski definition) is 2. The number of aromatic nitrogens is 1. The molecule has 6 nitrogen and oxygen atoms in total. The van der Waals surface area contributed by atoms with E-state index in [4.69, 9.17) is 9.47 Å². The molecule has 2 aliphatic heterocycles. The number of likely N-dealkylation sites (tertiary alicyclic amines) is 1. The molecular formula is C26H30N2O4. The molecule has 6 heteroatoms. The van der Waals surface area contributed by atoms with Gasteiger partial charge in [0.15, 0.2) is 0 Å². The predicted octanol–water partition coefficient (Wildman–Crippen LogP) is 5.07. The minimum atomic E-state index is -0.896. The summed E-state index contributed by atoms with van der Waals surface area (Å²) in [7, 11) is 1.73. The summed E-state index contributed by atoms with van der Waals surface area (Å²) in [6, 6.07) is 11.7. The van der Waals surface area contributed by atoms with E-state index in [2.05, 4.69) is 28.9 Å². The number of aromatic amines is 1. The summed E-state index contributed by atoms with van der Waals surface area (Å²) in [4.78, 5) is 17.2. The van der Waals surface area contributed by atoms with Crippen molar-refractivity contribution in [2.75, 3.05) is 20.3 Å². The van der Waals surface area contributed by atoms with E-state index in [0.29, 0.717) is 5.56 Å². The Labute approximate surface area is 188 Å². The molecule has 1 aromatic heterocycles. The van der Waals surface area contributed by atoms with Gasteiger partial charge in [0.2, 0.25) is 0 Å². The van der Waals surface area contributed by atoms with Gasteiger partial charge in [0.1, 0.15) is 5.75 Å². The number of nitrogens with zero attached hydrogens (tertiary/aromatic N) is 1. The Morgan fingerprint density at radius 2 is 2.09 bits per heavy atom. The van der Waals surface area contributed by atoms with Gasteiger partial charge < -0.3 is 19.6 Å². The van der Waals surface area contributed by atoms with Crippen LogP contribution >= 0.6 is 0 Å². The zero-order valence-electron chi connectivity index (χ0n) is 18.7. The van der Waals surface area contributed by atoms with Gasteiger partial charge in [-0.2, -0.15) is 0 Å². The monoisotopic (exact) mass is 434 g/mol. The second-order valence-corrected chi connectivity index (χ2v) is 9.14. The summed E-state index contributed by atoms with van der Waals surface area (Å²) in [6.45, 7) is 4.62. The van der Waals surface area contributed by atoms with Crippen LogP contribution in [0.3, 0.4) is 0 Å². The predicted molar refractivity (Wildman–Crippen MR) is 123 cm³/mol. The van der Waals surface area contributed by atoms with Crippen LogP contribution in [0.15, 0.2) is 42.6 Å². The van der Waals surface area contributed by atoms with E-state index in [9.17, 15) is 9.90 Å². The van der Waals surface area contributed by atoms with Crippen molar-refractivity contribution >= 4 is 16.9 Å². The van der Waals surface area contributed by atoms with Crippen LogP contribution in [0.2, 0.25) is 0 Å². The first-order valence-corrected chi connectivity index (χ1v) is 11.3. The Morgan fingerprint density at radius 3 is 2.78 bits per heavy atom. The molecule has 2 fully saturated rings. The molecule has 32 heavy (non-hydrogen) atoms. The summed E-state index contributed by atoms with van der Waals surface area (Å²) in [5.41, 5.74) is 4.90. The highest BCUT2D eigenvalue weighted by molar-refractivity contribution is 5.88. The minimum Gasteiger partial charge on any atom is -0.496 e. The second kappa shape index (κ2) is 8.26. The largest absolute Gasteiger partial charge is 0.496 e. The number of carbonyl (C=O) groups is 1. The number of carboxylic acid groups (broad SMARTS) is 1. The lowest BCUT2D eigenvalue weighted by atomic mass is 9.81. The van der Waals surface area contributed by atoms with Crippen molar-refractivity contribution < 1.29 is 19.4 Å². The van der Waals surface area contributed by atoms with Crippen molar-refractivity contribution in [2.45, 2.75) is 50.8 Å². The van der Waals surface area contributed by atoms with Crippen molar-refractivity contribution in [1.29, 1.82) is 0 Å². The first-order valence-electron chi connectivity index (χ1n) is 11.3. The molecule has 0 saturated carbocycles. The van der Waals surface area contributed by atoms with Gasteiger partial charge in [-0.1, -0.05) is 12.1 Å². The highest BCUT2D eigenvalue weighted by Crippen LogP contribution is 2.45. The number of H-pyrrole nitrogens is 1. The number of piperidine rings is 1. The van der Waals surface area contributed by atoms with E-state index in [1.54, 1.807) is 19.2 Å². The van der Waals surface area contributed by atoms with Gasteiger partial charge in [-0.05, 0) is 68.0 Å². The number of ether oxygens (including phenoxy) is 2. The highest BCUT2D eigenvalue weighted by atomic mass is 16.5. The molecule has 3 heterocycles. The SMILES string of the molecule is COc1cc(C)c2[nH]ccc2c1CN1CCC2(CCCO2)C[C@H]1c1ccc(C(=O)O)cc1. The Bertz CT molecular complexity index is 1130. The number of benzene rings is 2. The molecule has 1 unspecified atom stereocenters. The molecular weight excluding hydrogens is 404 g/mol. The van der Waals surface area contributed by atoms with Crippen LogP contribution in [0.4, 0.5) is 0 Å². The van der Waals surface area contributed by atoms with Crippen LogP contribution in [0.5, 0.6) is 5.75 Å². The molecule has 2 aliphatic rings. The van der Waals surface area contributed by atoms with Crippen molar-refractivity contribution in [3.05, 3.63) is 64.8 Å². The number of fused-ring (bicyclic) bond motifs is 1. The van der Waals surface area contributed by atoms with Crippen LogP contribution in [0, 0.1) is 6.92 Å². The Hall–Kier alpha value is -2.83. The van der Waals surface area contributed by atoms with Crippen LogP contribution in [0.25, 0.3) is 10.9 Å². The van der Waals surface area contributed by atoms with E-state index in [0.717, 1.165) is 62.2 Å². The van der Waals surface area contributed by atoms with Crippen LogP contribution in [0.1, 0.15) is 58.8 Å². The fourth-order valence-corrected chi connectivity index (χ4v) is 5.55. The topological polar surface area (TPSA) is 74.8 Å². The average molecular weight is 435 g/mol. The molecule has 0 aliphatic carbocycles. The standard InChI is InChI=1S/C26H30N2O4/c1-17-14-23(31-2)21(20-8-11-27-24(17)20)16-28-12-10-26(9-3-13-32-26)15-22(28)18-4-6-19(7-5-18)25(29)30/h4-8,11,14,22,27H,3,9-10,12-13,15-16H2,1-2H3,(H,29,30)/t22-,26?/m0/s1. The second-order valence-electron chi connectivity index (χ2n) is 9.14. The fraction of sp³-hybridized carbons (Fsp3) is 0.423. The zero-order valence-corrected chi connectivity index (χ0v) is 18.7. The van der Waals surface area contributed by atoms with E-state index < -0.39 is 5.97 Å². The number of aryl methyl sites for hydroxylation is 1. The zero-order chi connectivity index (χ0) is 22.3. The van der Waals surface area contributed by atoms with Crippen LogP contribution in [-0.4, -0.2) is 46.8 Å². The third kappa shape index (κ3) is 3.67. The summed E-state index contributed by atoms with van der Waals surface area (Å²) in [6.07, 6.45) is 6.13. The number of nitrogens with one attached hydrogen (secondary N) is 1. The molecule has 0 bridgehead atoms. The van der Waals surface area contributed by atoms with Crippen LogP contribution in [-0.2, 0) is 11.3 Å². The third-order valence-electron chi connectivity index (χ3n) is 7.28. The van der Waals surface area contributed by atoms with Crippen molar-refractivity contribution in [2.24, 2.45) is 0 Å². The molecule has 2 atom stereocenters. The van der Waals surface area contributed by atoms with Gasteiger partial charge in [0.05, 0.1) is 18.3 Å². The summed E-state index contributed by atoms with van der Waals surface area (Å²) in [5, 5.41) is 10.5. The maximum absolute atomic E-state index is 11.3. The molecule has 2 aromatic carbocycles. The van der Waals surface area contributed by atoms with Crippen molar-refractivity contribution in [3.8, 4) is 5.75 Å². The first-order chi connectivity index (χ1) is 15.5. The smallest absolute Gasteiger partial charge is 0.335 e.